The molecule has 1 aromatic rings. The molecule has 0 saturated heterocycles. The van der Waals surface area contributed by atoms with Crippen molar-refractivity contribution in [3.63, 3.8) is 0 Å². The van der Waals surface area contributed by atoms with E-state index in [0.29, 0.717) is 0 Å². The zero-order chi connectivity index (χ0) is 12.1. The van der Waals surface area contributed by atoms with Gasteiger partial charge in [-0.3, -0.25) is 0 Å². The first-order chi connectivity index (χ1) is 8.25. The molecule has 0 aliphatic heterocycles. The van der Waals surface area contributed by atoms with Crippen LogP contribution < -0.4 is 5.73 Å². The summed E-state index contributed by atoms with van der Waals surface area (Å²) in [5, 5.41) is 0.796. The van der Waals surface area contributed by atoms with Crippen molar-refractivity contribution in [3.05, 3.63) is 46.5 Å². The van der Waals surface area contributed by atoms with Crippen LogP contribution in [0.1, 0.15) is 37.7 Å². The third kappa shape index (κ3) is 3.86. The van der Waals surface area contributed by atoms with Gasteiger partial charge in [0.1, 0.15) is 0 Å². The molecule has 92 valence electrons. The molecule has 0 amide bonds. The third-order valence-electron chi connectivity index (χ3n) is 3.40. The molecule has 0 radical (unpaired) electrons. The summed E-state index contributed by atoms with van der Waals surface area (Å²) in [6.07, 6.45) is 9.54. The SMILES string of the molecule is NC(Cc1cccc(Cl)c1)C1=CCCCCC1. The van der Waals surface area contributed by atoms with Crippen LogP contribution in [0.25, 0.3) is 0 Å². The van der Waals surface area contributed by atoms with Gasteiger partial charge in [-0.2, -0.15) is 0 Å². The normalized spacial score (nSPS) is 18.4. The minimum Gasteiger partial charge on any atom is -0.324 e. The van der Waals surface area contributed by atoms with E-state index in [0.717, 1.165) is 11.4 Å². The fourth-order valence-corrected chi connectivity index (χ4v) is 2.64. The first kappa shape index (κ1) is 12.7. The van der Waals surface area contributed by atoms with E-state index in [1.807, 2.05) is 18.2 Å². The first-order valence-electron chi connectivity index (χ1n) is 6.44. The largest absolute Gasteiger partial charge is 0.324 e. The van der Waals surface area contributed by atoms with Gasteiger partial charge in [-0.15, -0.1) is 0 Å². The predicted octanol–water partition coefficient (Wildman–Crippen LogP) is 4.10. The van der Waals surface area contributed by atoms with Gasteiger partial charge in [0, 0.05) is 11.1 Å². The van der Waals surface area contributed by atoms with Gasteiger partial charge in [-0.25, -0.2) is 0 Å². The summed E-state index contributed by atoms with van der Waals surface area (Å²) in [5.74, 6) is 0. The number of hydrogen-bond acceptors (Lipinski definition) is 1. The number of hydrogen-bond donors (Lipinski definition) is 1. The van der Waals surface area contributed by atoms with Gasteiger partial charge in [-0.1, -0.05) is 41.8 Å². The van der Waals surface area contributed by atoms with E-state index in [-0.39, 0.29) is 6.04 Å². The van der Waals surface area contributed by atoms with Crippen molar-refractivity contribution < 1.29 is 0 Å². The molecule has 17 heavy (non-hydrogen) atoms. The molecule has 1 aliphatic carbocycles. The van der Waals surface area contributed by atoms with Crippen molar-refractivity contribution in [2.45, 2.75) is 44.6 Å². The summed E-state index contributed by atoms with van der Waals surface area (Å²) in [4.78, 5) is 0. The molecule has 0 aromatic heterocycles. The lowest BCUT2D eigenvalue weighted by Gasteiger charge is -2.15. The van der Waals surface area contributed by atoms with E-state index < -0.39 is 0 Å². The fraction of sp³-hybridized carbons (Fsp3) is 0.467. The fourth-order valence-electron chi connectivity index (χ4n) is 2.43. The Bertz CT molecular complexity index is 398. The maximum Gasteiger partial charge on any atom is 0.0408 e. The van der Waals surface area contributed by atoms with Crippen LogP contribution in [0.2, 0.25) is 5.02 Å². The molecule has 1 atom stereocenters. The summed E-state index contributed by atoms with van der Waals surface area (Å²) >= 11 is 5.98. The van der Waals surface area contributed by atoms with Crippen molar-refractivity contribution in [2.24, 2.45) is 5.73 Å². The molecule has 2 rings (SSSR count). The average Bonchev–Trinajstić information content (AvgIpc) is 2.57. The molecule has 0 saturated carbocycles. The van der Waals surface area contributed by atoms with Crippen molar-refractivity contribution in [1.82, 2.24) is 0 Å². The Balaban J connectivity index is 2.00. The van der Waals surface area contributed by atoms with E-state index in [2.05, 4.69) is 12.1 Å². The molecule has 0 spiro atoms. The van der Waals surface area contributed by atoms with Crippen LogP contribution in [-0.4, -0.2) is 6.04 Å². The first-order valence-corrected chi connectivity index (χ1v) is 6.82. The van der Waals surface area contributed by atoms with E-state index in [4.69, 9.17) is 17.3 Å². The topological polar surface area (TPSA) is 26.0 Å². The molecule has 1 aromatic carbocycles. The Kier molecular flexibility index (Phi) is 4.64. The van der Waals surface area contributed by atoms with Crippen molar-refractivity contribution in [2.75, 3.05) is 0 Å². The zero-order valence-corrected chi connectivity index (χ0v) is 10.9. The van der Waals surface area contributed by atoms with Crippen LogP contribution in [-0.2, 0) is 6.42 Å². The standard InChI is InChI=1S/C15H20ClN/c16-14-9-5-6-12(10-14)11-15(17)13-7-3-1-2-4-8-13/h5-7,9-10,15H,1-4,8,11,17H2. The Hall–Kier alpha value is -0.790. The number of nitrogens with two attached hydrogens (primary N) is 1. The monoisotopic (exact) mass is 249 g/mol. The van der Waals surface area contributed by atoms with E-state index in [9.17, 15) is 0 Å². The highest BCUT2D eigenvalue weighted by Crippen LogP contribution is 2.21. The highest BCUT2D eigenvalue weighted by molar-refractivity contribution is 6.30. The van der Waals surface area contributed by atoms with Gasteiger partial charge < -0.3 is 5.73 Å². The summed E-state index contributed by atoms with van der Waals surface area (Å²) in [7, 11) is 0. The smallest absolute Gasteiger partial charge is 0.0408 e. The van der Waals surface area contributed by atoms with Gasteiger partial charge >= 0.3 is 0 Å². The molecular formula is C15H20ClN. The molecular weight excluding hydrogens is 230 g/mol. The van der Waals surface area contributed by atoms with Crippen LogP contribution in [0.15, 0.2) is 35.9 Å². The van der Waals surface area contributed by atoms with Gasteiger partial charge in [0.15, 0.2) is 0 Å². The predicted molar refractivity (Wildman–Crippen MR) is 74.3 cm³/mol. The maximum absolute atomic E-state index is 6.29. The maximum atomic E-state index is 6.29. The van der Waals surface area contributed by atoms with Crippen LogP contribution >= 0.6 is 11.6 Å². The summed E-state index contributed by atoms with van der Waals surface area (Å²) < 4.78 is 0. The highest BCUT2D eigenvalue weighted by atomic mass is 35.5. The Morgan fingerprint density at radius 1 is 1.24 bits per heavy atom. The molecule has 1 unspecified atom stereocenters. The molecule has 2 N–H and O–H groups in total. The van der Waals surface area contributed by atoms with Crippen LogP contribution in [0.4, 0.5) is 0 Å². The third-order valence-corrected chi connectivity index (χ3v) is 3.63. The minimum atomic E-state index is 0.159. The molecule has 0 bridgehead atoms. The molecule has 0 heterocycles. The van der Waals surface area contributed by atoms with Crippen LogP contribution in [0.5, 0.6) is 0 Å². The van der Waals surface area contributed by atoms with Crippen molar-refractivity contribution in [1.29, 1.82) is 0 Å². The highest BCUT2D eigenvalue weighted by Gasteiger charge is 2.12. The average molecular weight is 250 g/mol. The molecule has 1 aliphatic rings. The van der Waals surface area contributed by atoms with Gasteiger partial charge in [-0.05, 0) is 49.8 Å². The number of rotatable bonds is 3. The Morgan fingerprint density at radius 3 is 2.94 bits per heavy atom. The Morgan fingerprint density at radius 2 is 2.12 bits per heavy atom. The second-order valence-electron chi connectivity index (χ2n) is 4.82. The van der Waals surface area contributed by atoms with E-state index >= 15 is 0 Å². The quantitative estimate of drug-likeness (QED) is 0.802. The lowest BCUT2D eigenvalue weighted by Crippen LogP contribution is -2.25. The van der Waals surface area contributed by atoms with Crippen LogP contribution in [0, 0.1) is 0 Å². The van der Waals surface area contributed by atoms with Gasteiger partial charge in [0.25, 0.3) is 0 Å². The molecule has 2 heteroatoms. The summed E-state index contributed by atoms with van der Waals surface area (Å²) in [5.41, 5.74) is 8.95. The van der Waals surface area contributed by atoms with E-state index in [1.54, 1.807) is 0 Å². The lowest BCUT2D eigenvalue weighted by molar-refractivity contribution is 0.672. The number of halogens is 1. The summed E-state index contributed by atoms with van der Waals surface area (Å²) in [6, 6.07) is 8.17. The second-order valence-corrected chi connectivity index (χ2v) is 5.26. The lowest BCUT2D eigenvalue weighted by atomic mass is 9.96. The zero-order valence-electron chi connectivity index (χ0n) is 10.2. The second kappa shape index (κ2) is 6.23. The van der Waals surface area contributed by atoms with Gasteiger partial charge in [0.05, 0.1) is 0 Å². The van der Waals surface area contributed by atoms with E-state index in [1.165, 1.54) is 43.2 Å². The number of allylic oxidation sites excluding steroid dienone is 1. The van der Waals surface area contributed by atoms with Gasteiger partial charge in [0.2, 0.25) is 0 Å². The number of benzene rings is 1. The molecule has 1 nitrogen and oxygen atoms in total. The Labute approximate surface area is 109 Å². The van der Waals surface area contributed by atoms with Crippen molar-refractivity contribution >= 4 is 11.6 Å². The summed E-state index contributed by atoms with van der Waals surface area (Å²) in [6.45, 7) is 0. The van der Waals surface area contributed by atoms with Crippen molar-refractivity contribution in [3.8, 4) is 0 Å². The minimum absolute atomic E-state index is 0.159. The molecule has 0 fully saturated rings. The van der Waals surface area contributed by atoms with Crippen LogP contribution in [0.3, 0.4) is 0 Å².